The lowest BCUT2D eigenvalue weighted by Gasteiger charge is -2.13. The van der Waals surface area contributed by atoms with Gasteiger partial charge in [0.1, 0.15) is 17.2 Å². The maximum absolute atomic E-state index is 12.3. The summed E-state index contributed by atoms with van der Waals surface area (Å²) < 4.78 is 32.9. The van der Waals surface area contributed by atoms with Crippen molar-refractivity contribution in [3.8, 4) is 39.5 Å². The van der Waals surface area contributed by atoms with Crippen molar-refractivity contribution in [1.82, 2.24) is 0 Å². The van der Waals surface area contributed by atoms with Gasteiger partial charge in [-0.2, -0.15) is 0 Å². The van der Waals surface area contributed by atoms with Crippen LogP contribution >= 0.6 is 0 Å². The number of benzene rings is 4. The lowest BCUT2D eigenvalue weighted by molar-refractivity contribution is -0.136. The summed E-state index contributed by atoms with van der Waals surface area (Å²) in [5, 5.41) is 0. The summed E-state index contributed by atoms with van der Waals surface area (Å²) in [4.78, 5) is 24.2. The third-order valence-corrected chi connectivity index (χ3v) is 6.50. The van der Waals surface area contributed by atoms with Gasteiger partial charge in [-0.05, 0) is 76.7 Å². The molecule has 0 radical (unpaired) electrons. The maximum atomic E-state index is 12.3. The van der Waals surface area contributed by atoms with Crippen LogP contribution in [0.25, 0.3) is 22.3 Å². The third-order valence-electron chi connectivity index (χ3n) is 6.50. The van der Waals surface area contributed by atoms with Crippen molar-refractivity contribution in [1.29, 1.82) is 0 Å². The largest absolute Gasteiger partial charge is 0.468 e. The van der Waals surface area contributed by atoms with Crippen molar-refractivity contribution in [2.24, 2.45) is 0 Å². The minimum atomic E-state index is -0.360. The molecule has 4 rings (SSSR count). The van der Waals surface area contributed by atoms with Gasteiger partial charge >= 0.3 is 11.9 Å². The van der Waals surface area contributed by atoms with Crippen LogP contribution < -0.4 is 14.2 Å². The molecule has 0 heterocycles. The van der Waals surface area contributed by atoms with E-state index in [-0.39, 0.29) is 31.8 Å². The Morgan fingerprint density at radius 2 is 1.18 bits per heavy atom. The Hall–Kier alpha value is -4.50. The Labute approximate surface area is 258 Å². The smallest absolute Gasteiger partial charge is 0.313 e. The van der Waals surface area contributed by atoms with E-state index in [4.69, 9.17) is 28.4 Å². The summed E-state index contributed by atoms with van der Waals surface area (Å²) in [6.45, 7) is 3.62. The highest BCUT2D eigenvalue weighted by atomic mass is 16.7. The molecule has 0 aliphatic heterocycles. The molecule has 230 valence electrons. The van der Waals surface area contributed by atoms with Gasteiger partial charge in [0.15, 0.2) is 6.79 Å². The molecule has 8 nitrogen and oxygen atoms in total. The molecule has 0 saturated carbocycles. The Balaban J connectivity index is 1.42. The lowest BCUT2D eigenvalue weighted by Crippen LogP contribution is -2.11. The molecular weight excluding hydrogens is 560 g/mol. The summed E-state index contributed by atoms with van der Waals surface area (Å²) >= 11 is 0. The van der Waals surface area contributed by atoms with Crippen molar-refractivity contribution in [2.75, 3.05) is 33.7 Å². The van der Waals surface area contributed by atoms with Gasteiger partial charge in [-0.25, -0.2) is 0 Å². The first kappa shape index (κ1) is 32.4. The number of esters is 2. The number of hydrogen-bond donors (Lipinski definition) is 0. The number of ether oxygens (including phenoxy) is 6. The molecule has 4 aromatic rings. The van der Waals surface area contributed by atoms with Crippen molar-refractivity contribution in [2.45, 2.75) is 32.8 Å². The standard InChI is InChI=1S/C36H38O8/c1-3-7-35(37)43-32-14-10-28(11-15-32)30-22-31(24-34(23-30)42-26-41-21-20-39-2)29-12-16-33(17-13-29)44-36(38)18-19-40-25-27-8-5-4-6-9-27/h4-6,8-17,22-24H,3,7,18-21,25-26H2,1-2H3. The zero-order valence-electron chi connectivity index (χ0n) is 25.2. The summed E-state index contributed by atoms with van der Waals surface area (Å²) in [6.07, 6.45) is 1.26. The Bertz CT molecular complexity index is 1450. The zero-order chi connectivity index (χ0) is 31.0. The fraction of sp³-hybridized carbons (Fsp3) is 0.278. The fourth-order valence-electron chi connectivity index (χ4n) is 4.25. The molecule has 0 amide bonds. The van der Waals surface area contributed by atoms with Crippen molar-refractivity contribution >= 4 is 11.9 Å². The molecule has 44 heavy (non-hydrogen) atoms. The molecule has 4 aromatic carbocycles. The van der Waals surface area contributed by atoms with Gasteiger partial charge in [-0.1, -0.05) is 61.5 Å². The van der Waals surface area contributed by atoms with Crippen LogP contribution in [0.3, 0.4) is 0 Å². The summed E-state index contributed by atoms with van der Waals surface area (Å²) in [6, 6.07) is 30.4. The molecule has 0 fully saturated rings. The van der Waals surface area contributed by atoms with E-state index in [0.717, 1.165) is 34.2 Å². The van der Waals surface area contributed by atoms with Crippen molar-refractivity contribution in [3.05, 3.63) is 103 Å². The number of carbonyl (C=O) groups excluding carboxylic acids is 2. The maximum Gasteiger partial charge on any atom is 0.313 e. The second-order valence-corrected chi connectivity index (χ2v) is 9.94. The first-order chi connectivity index (χ1) is 21.5. The second-order valence-electron chi connectivity index (χ2n) is 9.94. The van der Waals surface area contributed by atoms with E-state index in [0.29, 0.717) is 43.5 Å². The molecular formula is C36H38O8. The monoisotopic (exact) mass is 598 g/mol. The molecule has 0 atom stereocenters. The molecule has 8 heteroatoms. The van der Waals surface area contributed by atoms with E-state index < -0.39 is 0 Å². The first-order valence-corrected chi connectivity index (χ1v) is 14.6. The van der Waals surface area contributed by atoms with E-state index in [2.05, 4.69) is 0 Å². The Kier molecular flexibility index (Phi) is 12.9. The minimum absolute atomic E-state index is 0.0719. The zero-order valence-corrected chi connectivity index (χ0v) is 25.2. The van der Waals surface area contributed by atoms with Crippen LogP contribution in [0.15, 0.2) is 97.1 Å². The first-order valence-electron chi connectivity index (χ1n) is 14.6. The molecule has 0 N–H and O–H groups in total. The normalized spacial score (nSPS) is 10.8. The summed E-state index contributed by atoms with van der Waals surface area (Å²) in [7, 11) is 1.61. The van der Waals surface area contributed by atoms with Crippen molar-refractivity contribution in [3.63, 3.8) is 0 Å². The van der Waals surface area contributed by atoms with E-state index in [1.807, 2.05) is 79.7 Å². The Morgan fingerprint density at radius 3 is 1.75 bits per heavy atom. The van der Waals surface area contributed by atoms with Crippen LogP contribution in [0, 0.1) is 0 Å². The van der Waals surface area contributed by atoms with Gasteiger partial charge in [-0.15, -0.1) is 0 Å². The van der Waals surface area contributed by atoms with Crippen LogP contribution in [0.1, 0.15) is 31.7 Å². The van der Waals surface area contributed by atoms with E-state index in [9.17, 15) is 9.59 Å². The van der Waals surface area contributed by atoms with Crippen LogP contribution in [0.4, 0.5) is 0 Å². The highest BCUT2D eigenvalue weighted by molar-refractivity contribution is 5.77. The topological polar surface area (TPSA) is 89.5 Å². The average molecular weight is 599 g/mol. The van der Waals surface area contributed by atoms with E-state index in [1.165, 1.54) is 0 Å². The molecule has 0 spiro atoms. The average Bonchev–Trinajstić information content (AvgIpc) is 3.04. The van der Waals surface area contributed by atoms with Gasteiger partial charge in [0.2, 0.25) is 0 Å². The third kappa shape index (κ3) is 10.6. The van der Waals surface area contributed by atoms with Crippen LogP contribution in [0.5, 0.6) is 17.2 Å². The SMILES string of the molecule is CCCC(=O)Oc1ccc(-c2cc(OCOCCOC)cc(-c3ccc(OC(=O)CCOCc4ccccc4)cc3)c2)cc1. The van der Waals surface area contributed by atoms with E-state index in [1.54, 1.807) is 31.4 Å². The minimum Gasteiger partial charge on any atom is -0.468 e. The highest BCUT2D eigenvalue weighted by Crippen LogP contribution is 2.33. The molecule has 0 saturated heterocycles. The molecule has 0 aliphatic rings. The fourth-order valence-corrected chi connectivity index (χ4v) is 4.25. The van der Waals surface area contributed by atoms with Crippen molar-refractivity contribution < 1.29 is 38.0 Å². The summed E-state index contributed by atoms with van der Waals surface area (Å²) in [5.74, 6) is 0.963. The predicted molar refractivity (Wildman–Crippen MR) is 168 cm³/mol. The van der Waals surface area contributed by atoms with Crippen LogP contribution in [-0.2, 0) is 30.4 Å². The number of methoxy groups -OCH3 is 1. The van der Waals surface area contributed by atoms with E-state index >= 15 is 0 Å². The predicted octanol–water partition coefficient (Wildman–Crippen LogP) is 7.24. The molecule has 0 bridgehead atoms. The highest BCUT2D eigenvalue weighted by Gasteiger charge is 2.10. The van der Waals surface area contributed by atoms with Crippen LogP contribution in [0.2, 0.25) is 0 Å². The summed E-state index contributed by atoms with van der Waals surface area (Å²) in [5.41, 5.74) is 4.70. The van der Waals surface area contributed by atoms with Crippen LogP contribution in [-0.4, -0.2) is 45.7 Å². The number of rotatable bonds is 17. The Morgan fingerprint density at radius 1 is 0.591 bits per heavy atom. The number of hydrogen-bond acceptors (Lipinski definition) is 8. The second kappa shape index (κ2) is 17.6. The van der Waals surface area contributed by atoms with Gasteiger partial charge in [0.05, 0.1) is 32.8 Å². The van der Waals surface area contributed by atoms with Gasteiger partial charge in [0.25, 0.3) is 0 Å². The number of carbonyl (C=O) groups is 2. The van der Waals surface area contributed by atoms with Gasteiger partial charge in [-0.3, -0.25) is 9.59 Å². The van der Waals surface area contributed by atoms with Gasteiger partial charge in [0, 0.05) is 13.5 Å². The molecule has 0 unspecified atom stereocenters. The lowest BCUT2D eigenvalue weighted by atomic mass is 9.98. The molecule has 0 aromatic heterocycles. The molecule has 0 aliphatic carbocycles. The quantitative estimate of drug-likeness (QED) is 0.0544. The van der Waals surface area contributed by atoms with Gasteiger partial charge < -0.3 is 28.4 Å².